The Kier molecular flexibility index (Phi) is 4.24. The molecule has 3 aromatic rings. The quantitative estimate of drug-likeness (QED) is 0.661. The lowest BCUT2D eigenvalue weighted by molar-refractivity contribution is 0.00578. The standard InChI is InChI=1S/C22H25BN2O2/c1-21(2)22(3,4)27-23(26-21)18-19(16-12-8-6-9-13-16)24-25(5)20(18)17-14-10-7-11-15-17/h6-15H,1-5H3. The first-order chi connectivity index (χ1) is 12.8. The van der Waals surface area contributed by atoms with Crippen LogP contribution in [0.3, 0.4) is 0 Å². The van der Waals surface area contributed by atoms with E-state index in [0.29, 0.717) is 0 Å². The van der Waals surface area contributed by atoms with E-state index in [9.17, 15) is 0 Å². The lowest BCUT2D eigenvalue weighted by atomic mass is 9.74. The van der Waals surface area contributed by atoms with Gasteiger partial charge in [-0.15, -0.1) is 0 Å². The van der Waals surface area contributed by atoms with Gasteiger partial charge < -0.3 is 9.31 Å². The summed E-state index contributed by atoms with van der Waals surface area (Å²) in [7, 11) is 1.50. The number of nitrogens with zero attached hydrogens (tertiary/aromatic N) is 2. The molecular formula is C22H25BN2O2. The van der Waals surface area contributed by atoms with E-state index in [0.717, 1.165) is 28.0 Å². The maximum atomic E-state index is 6.41. The highest BCUT2D eigenvalue weighted by atomic mass is 16.7. The van der Waals surface area contributed by atoms with Gasteiger partial charge >= 0.3 is 7.12 Å². The molecule has 1 aliphatic heterocycles. The SMILES string of the molecule is Cn1nc(-c2ccccc2)c(B2OC(C)(C)C(C)(C)O2)c1-c1ccccc1. The van der Waals surface area contributed by atoms with Gasteiger partial charge in [0, 0.05) is 18.1 Å². The molecule has 1 aliphatic rings. The molecule has 1 fully saturated rings. The summed E-state index contributed by atoms with van der Waals surface area (Å²) in [5, 5.41) is 4.85. The van der Waals surface area contributed by atoms with Gasteiger partial charge in [-0.3, -0.25) is 4.68 Å². The van der Waals surface area contributed by atoms with Crippen LogP contribution in [0.25, 0.3) is 22.5 Å². The van der Waals surface area contributed by atoms with E-state index >= 15 is 0 Å². The van der Waals surface area contributed by atoms with Crippen molar-refractivity contribution in [1.29, 1.82) is 0 Å². The summed E-state index contributed by atoms with van der Waals surface area (Å²) in [6.07, 6.45) is 0. The number of hydrogen-bond acceptors (Lipinski definition) is 3. The maximum absolute atomic E-state index is 6.41. The highest BCUT2D eigenvalue weighted by molar-refractivity contribution is 6.65. The van der Waals surface area contributed by atoms with Crippen LogP contribution in [0, 0.1) is 0 Å². The molecule has 4 rings (SSSR count). The fraction of sp³-hybridized carbons (Fsp3) is 0.318. The molecule has 1 saturated heterocycles. The van der Waals surface area contributed by atoms with Crippen LogP contribution in [0.15, 0.2) is 60.7 Å². The minimum absolute atomic E-state index is 0.407. The molecule has 0 bridgehead atoms. The van der Waals surface area contributed by atoms with E-state index in [-0.39, 0.29) is 0 Å². The normalized spacial score (nSPS) is 18.0. The van der Waals surface area contributed by atoms with E-state index in [2.05, 4.69) is 52.0 Å². The first-order valence-corrected chi connectivity index (χ1v) is 9.33. The Labute approximate surface area is 161 Å². The zero-order chi connectivity index (χ0) is 19.2. The highest BCUT2D eigenvalue weighted by Gasteiger charge is 2.53. The van der Waals surface area contributed by atoms with Gasteiger partial charge in [-0.1, -0.05) is 60.7 Å². The van der Waals surface area contributed by atoms with Crippen LogP contribution in [-0.2, 0) is 16.4 Å². The van der Waals surface area contributed by atoms with Crippen molar-refractivity contribution in [2.75, 3.05) is 0 Å². The summed E-state index contributed by atoms with van der Waals surface area (Å²) >= 11 is 0. The third kappa shape index (κ3) is 3.01. The van der Waals surface area contributed by atoms with Crippen LogP contribution < -0.4 is 5.46 Å². The Morgan fingerprint density at radius 2 is 1.26 bits per heavy atom. The molecule has 0 N–H and O–H groups in total. The molecule has 2 heterocycles. The van der Waals surface area contributed by atoms with Crippen LogP contribution in [0.4, 0.5) is 0 Å². The minimum atomic E-state index is -0.478. The van der Waals surface area contributed by atoms with Crippen molar-refractivity contribution in [3.63, 3.8) is 0 Å². The Balaban J connectivity index is 1.93. The van der Waals surface area contributed by atoms with E-state index in [1.807, 2.05) is 48.1 Å². The van der Waals surface area contributed by atoms with Gasteiger partial charge in [0.15, 0.2) is 0 Å². The zero-order valence-corrected chi connectivity index (χ0v) is 16.6. The molecule has 138 valence electrons. The molecular weight excluding hydrogens is 335 g/mol. The van der Waals surface area contributed by atoms with Gasteiger partial charge in [0.1, 0.15) is 0 Å². The highest BCUT2D eigenvalue weighted by Crippen LogP contribution is 2.38. The summed E-state index contributed by atoms with van der Waals surface area (Å²) in [5.74, 6) is 0. The molecule has 0 atom stereocenters. The smallest absolute Gasteiger partial charge is 0.399 e. The third-order valence-electron chi connectivity index (χ3n) is 5.67. The summed E-state index contributed by atoms with van der Waals surface area (Å²) in [6, 6.07) is 20.5. The summed E-state index contributed by atoms with van der Waals surface area (Å²) in [5.41, 5.74) is 4.24. The van der Waals surface area contributed by atoms with Crippen LogP contribution in [0.2, 0.25) is 0 Å². The second-order valence-corrected chi connectivity index (χ2v) is 8.05. The second-order valence-electron chi connectivity index (χ2n) is 8.05. The molecule has 0 amide bonds. The van der Waals surface area contributed by atoms with Crippen LogP contribution in [-0.4, -0.2) is 28.1 Å². The summed E-state index contributed by atoms with van der Waals surface area (Å²) < 4.78 is 14.8. The van der Waals surface area contributed by atoms with Crippen molar-refractivity contribution in [2.45, 2.75) is 38.9 Å². The first kappa shape index (κ1) is 18.0. The van der Waals surface area contributed by atoms with Gasteiger partial charge in [0.2, 0.25) is 0 Å². The Hall–Kier alpha value is -2.37. The van der Waals surface area contributed by atoms with Gasteiger partial charge in [0.05, 0.1) is 22.6 Å². The summed E-state index contributed by atoms with van der Waals surface area (Å²) in [6.45, 7) is 8.31. The molecule has 27 heavy (non-hydrogen) atoms. The minimum Gasteiger partial charge on any atom is -0.399 e. The van der Waals surface area contributed by atoms with E-state index in [4.69, 9.17) is 14.4 Å². The Bertz CT molecular complexity index is 933. The van der Waals surface area contributed by atoms with Gasteiger partial charge in [-0.2, -0.15) is 5.10 Å². The second kappa shape index (κ2) is 6.36. The van der Waals surface area contributed by atoms with Gasteiger partial charge in [-0.05, 0) is 33.3 Å². The summed E-state index contributed by atoms with van der Waals surface area (Å²) in [4.78, 5) is 0. The Morgan fingerprint density at radius 1 is 0.778 bits per heavy atom. The third-order valence-corrected chi connectivity index (χ3v) is 5.67. The average Bonchev–Trinajstić information content (AvgIpc) is 3.09. The predicted octanol–water partition coefficient (Wildman–Crippen LogP) is 4.05. The Morgan fingerprint density at radius 3 is 1.78 bits per heavy atom. The molecule has 1 aromatic heterocycles. The number of benzene rings is 2. The van der Waals surface area contributed by atoms with Crippen LogP contribution >= 0.6 is 0 Å². The predicted molar refractivity (Wildman–Crippen MR) is 110 cm³/mol. The maximum Gasteiger partial charge on any atom is 0.499 e. The lowest BCUT2D eigenvalue weighted by Gasteiger charge is -2.32. The molecule has 0 spiro atoms. The fourth-order valence-corrected chi connectivity index (χ4v) is 3.47. The monoisotopic (exact) mass is 360 g/mol. The molecule has 2 aromatic carbocycles. The number of hydrogen-bond donors (Lipinski definition) is 0. The lowest BCUT2D eigenvalue weighted by Crippen LogP contribution is -2.41. The molecule has 0 saturated carbocycles. The zero-order valence-electron chi connectivity index (χ0n) is 16.6. The topological polar surface area (TPSA) is 36.3 Å². The van der Waals surface area contributed by atoms with Gasteiger partial charge in [0.25, 0.3) is 0 Å². The number of rotatable bonds is 3. The number of aromatic nitrogens is 2. The van der Waals surface area contributed by atoms with Crippen molar-refractivity contribution >= 4 is 12.6 Å². The number of aryl methyl sites for hydroxylation is 1. The fourth-order valence-electron chi connectivity index (χ4n) is 3.47. The van der Waals surface area contributed by atoms with E-state index < -0.39 is 18.3 Å². The molecule has 0 aliphatic carbocycles. The van der Waals surface area contributed by atoms with Crippen molar-refractivity contribution in [1.82, 2.24) is 9.78 Å². The van der Waals surface area contributed by atoms with E-state index in [1.165, 1.54) is 0 Å². The van der Waals surface area contributed by atoms with Crippen LogP contribution in [0.1, 0.15) is 27.7 Å². The van der Waals surface area contributed by atoms with Crippen molar-refractivity contribution in [3.8, 4) is 22.5 Å². The molecule has 4 nitrogen and oxygen atoms in total. The van der Waals surface area contributed by atoms with Crippen LogP contribution in [0.5, 0.6) is 0 Å². The first-order valence-electron chi connectivity index (χ1n) is 9.33. The molecule has 0 radical (unpaired) electrons. The van der Waals surface area contributed by atoms with Gasteiger partial charge in [-0.25, -0.2) is 0 Å². The molecule has 5 heteroatoms. The van der Waals surface area contributed by atoms with E-state index in [1.54, 1.807) is 0 Å². The van der Waals surface area contributed by atoms with Crippen molar-refractivity contribution in [2.24, 2.45) is 7.05 Å². The largest absolute Gasteiger partial charge is 0.499 e. The van der Waals surface area contributed by atoms with Crippen molar-refractivity contribution in [3.05, 3.63) is 60.7 Å². The average molecular weight is 360 g/mol. The van der Waals surface area contributed by atoms with Crippen molar-refractivity contribution < 1.29 is 9.31 Å². The molecule has 0 unspecified atom stereocenters.